The summed E-state index contributed by atoms with van der Waals surface area (Å²) in [5, 5.41) is 18.4. The predicted molar refractivity (Wildman–Crippen MR) is 84.6 cm³/mol. The Morgan fingerprint density at radius 2 is 1.44 bits per heavy atom. The maximum atomic E-state index is 9.64. The number of aliphatic hydroxyl groups is 1. The van der Waals surface area contributed by atoms with Crippen LogP contribution in [0.5, 0.6) is 0 Å². The summed E-state index contributed by atoms with van der Waals surface area (Å²) >= 11 is 13.9. The quantitative estimate of drug-likeness (QED) is 0.500. The van der Waals surface area contributed by atoms with Gasteiger partial charge in [0.1, 0.15) is 11.0 Å². The van der Waals surface area contributed by atoms with E-state index in [0.29, 0.717) is 13.0 Å². The van der Waals surface area contributed by atoms with Crippen LogP contribution < -0.4 is 0 Å². The Kier molecular flexibility index (Phi) is 4.86. The van der Waals surface area contributed by atoms with Crippen LogP contribution in [0.4, 0.5) is 0 Å². The van der Waals surface area contributed by atoms with Crippen LogP contribution in [0.2, 0.25) is 0 Å². The molecule has 4 nitrogen and oxygen atoms in total. The van der Waals surface area contributed by atoms with Gasteiger partial charge < -0.3 is 5.11 Å². The number of hydrogen-bond donors (Lipinski definition) is 1. The SMILES string of the molecule is CC[C@H](O)Cn1nc2c(Br)c(Br)c(Br)c(Br)c2n1. The number of hydrogen-bond acceptors (Lipinski definition) is 3. The van der Waals surface area contributed by atoms with Crippen LogP contribution in [0.3, 0.4) is 0 Å². The molecule has 0 aliphatic carbocycles. The van der Waals surface area contributed by atoms with Gasteiger partial charge in [0.2, 0.25) is 0 Å². The molecule has 0 amide bonds. The van der Waals surface area contributed by atoms with Crippen molar-refractivity contribution < 1.29 is 5.11 Å². The minimum Gasteiger partial charge on any atom is -0.391 e. The van der Waals surface area contributed by atoms with Gasteiger partial charge in [0.15, 0.2) is 0 Å². The summed E-state index contributed by atoms with van der Waals surface area (Å²) < 4.78 is 3.43. The van der Waals surface area contributed by atoms with Gasteiger partial charge in [0, 0.05) is 8.95 Å². The zero-order valence-corrected chi connectivity index (χ0v) is 15.6. The first-order chi connectivity index (χ1) is 8.45. The molecule has 2 aromatic rings. The lowest BCUT2D eigenvalue weighted by molar-refractivity contribution is 0.140. The van der Waals surface area contributed by atoms with Crippen LogP contribution in [0, 0.1) is 0 Å². The van der Waals surface area contributed by atoms with Crippen molar-refractivity contribution in [2.75, 3.05) is 0 Å². The molecule has 8 heteroatoms. The molecule has 0 unspecified atom stereocenters. The van der Waals surface area contributed by atoms with Gasteiger partial charge in [0.25, 0.3) is 0 Å². The highest BCUT2D eigenvalue weighted by atomic mass is 79.9. The zero-order valence-electron chi connectivity index (χ0n) is 9.29. The van der Waals surface area contributed by atoms with Crippen LogP contribution in [0.25, 0.3) is 11.0 Å². The standard InChI is InChI=1S/C10H9Br4N3O/c1-2-4(18)3-17-15-9-7(13)5(11)6(12)8(14)10(9)16-17/h4,18H,2-3H2,1H3/t4-/m0/s1. The van der Waals surface area contributed by atoms with Crippen molar-refractivity contribution in [3.63, 3.8) is 0 Å². The third kappa shape index (κ3) is 2.67. The Hall–Kier alpha value is 0.500. The van der Waals surface area contributed by atoms with Crippen LogP contribution in [0.1, 0.15) is 13.3 Å². The first-order valence-corrected chi connectivity index (χ1v) is 8.37. The highest BCUT2D eigenvalue weighted by Crippen LogP contribution is 2.42. The minimum absolute atomic E-state index is 0.388. The van der Waals surface area contributed by atoms with Gasteiger partial charge in [0.05, 0.1) is 21.6 Å². The second-order valence-electron chi connectivity index (χ2n) is 3.77. The van der Waals surface area contributed by atoms with E-state index < -0.39 is 6.10 Å². The molecule has 0 spiro atoms. The molecular weight excluding hydrogens is 498 g/mol. The molecule has 1 atom stereocenters. The van der Waals surface area contributed by atoms with Crippen LogP contribution in [-0.4, -0.2) is 26.2 Å². The molecule has 2 rings (SSSR count). The van der Waals surface area contributed by atoms with Crippen molar-refractivity contribution in [3.05, 3.63) is 17.9 Å². The van der Waals surface area contributed by atoms with E-state index in [4.69, 9.17) is 0 Å². The van der Waals surface area contributed by atoms with E-state index in [1.807, 2.05) is 6.92 Å². The van der Waals surface area contributed by atoms with Crippen molar-refractivity contribution in [2.24, 2.45) is 0 Å². The maximum absolute atomic E-state index is 9.64. The lowest BCUT2D eigenvalue weighted by Gasteiger charge is -2.04. The Bertz CT molecular complexity index is 554. The van der Waals surface area contributed by atoms with Gasteiger partial charge in [-0.3, -0.25) is 0 Å². The first kappa shape index (κ1) is 14.9. The van der Waals surface area contributed by atoms with Crippen LogP contribution in [-0.2, 0) is 6.54 Å². The molecule has 0 radical (unpaired) electrons. The summed E-state index contributed by atoms with van der Waals surface area (Å²) in [4.78, 5) is 1.52. The molecular formula is C10H9Br4N3O. The highest BCUT2D eigenvalue weighted by molar-refractivity contribution is 9.15. The fourth-order valence-corrected chi connectivity index (χ4v) is 3.68. The monoisotopic (exact) mass is 503 g/mol. The van der Waals surface area contributed by atoms with Crippen LogP contribution in [0.15, 0.2) is 17.9 Å². The largest absolute Gasteiger partial charge is 0.391 e. The highest BCUT2D eigenvalue weighted by Gasteiger charge is 2.18. The fourth-order valence-electron chi connectivity index (χ4n) is 1.44. The molecule has 0 aliphatic rings. The molecule has 1 heterocycles. The lowest BCUT2D eigenvalue weighted by atomic mass is 10.3. The summed E-state index contributed by atoms with van der Waals surface area (Å²) in [7, 11) is 0. The van der Waals surface area contributed by atoms with Gasteiger partial charge in [-0.2, -0.15) is 15.0 Å². The Morgan fingerprint density at radius 3 is 1.83 bits per heavy atom. The van der Waals surface area contributed by atoms with E-state index >= 15 is 0 Å². The Labute approximate surface area is 138 Å². The van der Waals surface area contributed by atoms with Crippen molar-refractivity contribution in [1.82, 2.24) is 15.0 Å². The van der Waals surface area contributed by atoms with E-state index in [2.05, 4.69) is 73.9 Å². The Morgan fingerprint density at radius 1 is 1.00 bits per heavy atom. The van der Waals surface area contributed by atoms with E-state index in [0.717, 1.165) is 28.9 Å². The van der Waals surface area contributed by atoms with E-state index in [1.165, 1.54) is 4.80 Å². The van der Waals surface area contributed by atoms with Gasteiger partial charge >= 0.3 is 0 Å². The molecule has 98 valence electrons. The lowest BCUT2D eigenvalue weighted by Crippen LogP contribution is -2.16. The van der Waals surface area contributed by atoms with Crippen molar-refractivity contribution >= 4 is 74.8 Å². The fraction of sp³-hybridized carbons (Fsp3) is 0.400. The average molecular weight is 507 g/mol. The maximum Gasteiger partial charge on any atom is 0.129 e. The molecule has 0 saturated carbocycles. The smallest absolute Gasteiger partial charge is 0.129 e. The number of halogens is 4. The van der Waals surface area contributed by atoms with Gasteiger partial charge in [-0.05, 0) is 70.1 Å². The number of aromatic nitrogens is 3. The Balaban J connectivity index is 2.57. The normalized spacial score (nSPS) is 13.2. The number of nitrogens with zero attached hydrogens (tertiary/aromatic N) is 3. The predicted octanol–water partition coefficient (Wildman–Crippen LogP) is 4.25. The van der Waals surface area contributed by atoms with Gasteiger partial charge in [-0.25, -0.2) is 0 Å². The summed E-state index contributed by atoms with van der Waals surface area (Å²) in [5.74, 6) is 0. The molecule has 0 fully saturated rings. The topological polar surface area (TPSA) is 50.9 Å². The van der Waals surface area contributed by atoms with E-state index in [-0.39, 0.29) is 0 Å². The van der Waals surface area contributed by atoms with E-state index in [9.17, 15) is 5.11 Å². The molecule has 1 N–H and O–H groups in total. The summed E-state index contributed by atoms with van der Waals surface area (Å²) in [5.41, 5.74) is 1.50. The second kappa shape index (κ2) is 5.87. The molecule has 1 aromatic heterocycles. The molecule has 0 aliphatic heterocycles. The third-order valence-electron chi connectivity index (χ3n) is 2.49. The van der Waals surface area contributed by atoms with Gasteiger partial charge in [-0.1, -0.05) is 6.92 Å². The van der Waals surface area contributed by atoms with Crippen LogP contribution >= 0.6 is 63.7 Å². The number of aliphatic hydroxyl groups excluding tert-OH is 1. The average Bonchev–Trinajstić information content (AvgIpc) is 2.77. The van der Waals surface area contributed by atoms with Crippen molar-refractivity contribution in [3.8, 4) is 0 Å². The molecule has 0 bridgehead atoms. The summed E-state index contributed by atoms with van der Waals surface area (Å²) in [6, 6.07) is 0. The molecule has 0 saturated heterocycles. The molecule has 1 aromatic carbocycles. The zero-order chi connectivity index (χ0) is 13.4. The summed E-state index contributed by atoms with van der Waals surface area (Å²) in [6.45, 7) is 2.31. The van der Waals surface area contributed by atoms with Crippen molar-refractivity contribution in [1.29, 1.82) is 0 Å². The first-order valence-electron chi connectivity index (χ1n) is 5.20. The second-order valence-corrected chi connectivity index (χ2v) is 6.94. The third-order valence-corrected chi connectivity index (χ3v) is 7.22. The summed E-state index contributed by atoms with van der Waals surface area (Å²) in [6.07, 6.45) is 0.240. The van der Waals surface area contributed by atoms with Gasteiger partial charge in [-0.15, -0.1) is 0 Å². The molecule has 18 heavy (non-hydrogen) atoms. The number of benzene rings is 1. The number of rotatable bonds is 3. The number of fused-ring (bicyclic) bond motifs is 1. The van der Waals surface area contributed by atoms with Crippen molar-refractivity contribution in [2.45, 2.75) is 26.0 Å². The minimum atomic E-state index is -0.434. The van der Waals surface area contributed by atoms with E-state index in [1.54, 1.807) is 0 Å².